The Morgan fingerprint density at radius 1 is 1.44 bits per heavy atom. The van der Waals surface area contributed by atoms with Crippen molar-refractivity contribution >= 4 is 23.9 Å². The van der Waals surface area contributed by atoms with Crippen LogP contribution in [0.3, 0.4) is 0 Å². The molecule has 0 saturated heterocycles. The molecule has 0 atom stereocenters. The van der Waals surface area contributed by atoms with E-state index in [9.17, 15) is 9.59 Å². The highest BCUT2D eigenvalue weighted by Crippen LogP contribution is 2.16. The van der Waals surface area contributed by atoms with E-state index in [0.29, 0.717) is 5.69 Å². The van der Waals surface area contributed by atoms with Crippen molar-refractivity contribution in [2.75, 3.05) is 11.9 Å². The zero-order chi connectivity index (χ0) is 11.5. The highest BCUT2D eigenvalue weighted by Gasteiger charge is 2.19. The summed E-state index contributed by atoms with van der Waals surface area (Å²) in [4.78, 5) is 22.1. The highest BCUT2D eigenvalue weighted by molar-refractivity contribution is 6.00. The molecule has 0 spiro atoms. The molecule has 82 valence electrons. The van der Waals surface area contributed by atoms with Gasteiger partial charge in [0, 0.05) is 5.56 Å². The van der Waals surface area contributed by atoms with Crippen molar-refractivity contribution in [3.8, 4) is 0 Å². The van der Waals surface area contributed by atoms with Crippen LogP contribution < -0.4 is 5.32 Å². The molecular formula is C10H9N3O3. The highest BCUT2D eigenvalue weighted by atomic mass is 16.4. The summed E-state index contributed by atoms with van der Waals surface area (Å²) in [5, 5.41) is 15.8. The van der Waals surface area contributed by atoms with E-state index in [1.165, 1.54) is 6.21 Å². The van der Waals surface area contributed by atoms with Crippen LogP contribution in [0.25, 0.3) is 0 Å². The maximum absolute atomic E-state index is 11.6. The van der Waals surface area contributed by atoms with Gasteiger partial charge in [0.1, 0.15) is 6.54 Å². The van der Waals surface area contributed by atoms with Gasteiger partial charge in [-0.1, -0.05) is 18.2 Å². The van der Waals surface area contributed by atoms with Crippen molar-refractivity contribution in [2.45, 2.75) is 0 Å². The van der Waals surface area contributed by atoms with Crippen molar-refractivity contribution in [3.63, 3.8) is 0 Å². The molecule has 2 amide bonds. The number of hydrogen-bond acceptors (Lipinski definition) is 3. The summed E-state index contributed by atoms with van der Waals surface area (Å²) in [6.07, 6.45) is 1.45. The molecule has 1 aromatic rings. The minimum atomic E-state index is -1.11. The Labute approximate surface area is 91.2 Å². The molecule has 2 rings (SSSR count). The number of urea groups is 1. The van der Waals surface area contributed by atoms with Crippen molar-refractivity contribution < 1.29 is 14.7 Å². The van der Waals surface area contributed by atoms with Crippen LogP contribution in [0.4, 0.5) is 10.5 Å². The summed E-state index contributed by atoms with van der Waals surface area (Å²) in [5.74, 6) is -1.11. The lowest BCUT2D eigenvalue weighted by molar-refractivity contribution is -0.137. The van der Waals surface area contributed by atoms with E-state index in [4.69, 9.17) is 5.11 Å². The van der Waals surface area contributed by atoms with Crippen LogP contribution in [0.15, 0.2) is 29.4 Å². The standard InChI is InChI=1S/C10H9N3O3/c14-9(15)6-13-10(16)12-8-4-2-1-3-7(8)5-11-13/h1-5H,6H2,(H,12,16)(H,14,15). The molecule has 0 radical (unpaired) electrons. The van der Waals surface area contributed by atoms with Crippen molar-refractivity contribution in [1.29, 1.82) is 0 Å². The van der Waals surface area contributed by atoms with E-state index in [0.717, 1.165) is 10.6 Å². The van der Waals surface area contributed by atoms with Gasteiger partial charge in [-0.25, -0.2) is 9.80 Å². The molecule has 16 heavy (non-hydrogen) atoms. The predicted molar refractivity (Wildman–Crippen MR) is 57.4 cm³/mol. The quantitative estimate of drug-likeness (QED) is 0.776. The van der Waals surface area contributed by atoms with Gasteiger partial charge in [-0.3, -0.25) is 4.79 Å². The van der Waals surface area contributed by atoms with Crippen LogP contribution in [-0.2, 0) is 4.79 Å². The summed E-state index contributed by atoms with van der Waals surface area (Å²) in [6, 6.07) is 6.54. The van der Waals surface area contributed by atoms with Gasteiger partial charge in [-0.15, -0.1) is 0 Å². The second-order valence-electron chi connectivity index (χ2n) is 3.21. The second kappa shape index (κ2) is 4.01. The SMILES string of the molecule is O=C(O)CN1N=Cc2ccccc2NC1=O. The number of carbonyl (C=O) groups excluding carboxylic acids is 1. The topological polar surface area (TPSA) is 82.0 Å². The number of anilines is 1. The van der Waals surface area contributed by atoms with E-state index in [2.05, 4.69) is 10.4 Å². The third-order valence-electron chi connectivity index (χ3n) is 2.06. The molecule has 0 unspecified atom stereocenters. The summed E-state index contributed by atoms with van der Waals surface area (Å²) in [6.45, 7) is -0.462. The maximum atomic E-state index is 11.6. The fourth-order valence-corrected chi connectivity index (χ4v) is 1.33. The minimum absolute atomic E-state index is 0.462. The number of carboxylic acids is 1. The van der Waals surface area contributed by atoms with Crippen molar-refractivity contribution in [2.24, 2.45) is 5.10 Å². The second-order valence-corrected chi connectivity index (χ2v) is 3.21. The average molecular weight is 219 g/mol. The van der Waals surface area contributed by atoms with Crippen LogP contribution in [-0.4, -0.2) is 34.9 Å². The molecule has 6 heteroatoms. The van der Waals surface area contributed by atoms with Gasteiger partial charge in [0.2, 0.25) is 0 Å². The average Bonchev–Trinajstić information content (AvgIpc) is 2.39. The minimum Gasteiger partial charge on any atom is -0.480 e. The van der Waals surface area contributed by atoms with Gasteiger partial charge >= 0.3 is 12.0 Å². The Morgan fingerprint density at radius 3 is 2.94 bits per heavy atom. The molecule has 1 aliphatic heterocycles. The Bertz CT molecular complexity index is 470. The van der Waals surface area contributed by atoms with E-state index in [-0.39, 0.29) is 0 Å². The van der Waals surface area contributed by atoms with Crippen molar-refractivity contribution in [3.05, 3.63) is 29.8 Å². The number of amides is 2. The van der Waals surface area contributed by atoms with E-state index >= 15 is 0 Å². The van der Waals surface area contributed by atoms with Gasteiger partial charge in [0.15, 0.2) is 0 Å². The number of carbonyl (C=O) groups is 2. The number of nitrogens with one attached hydrogen (secondary N) is 1. The Morgan fingerprint density at radius 2 is 2.19 bits per heavy atom. The molecule has 0 aliphatic carbocycles. The monoisotopic (exact) mass is 219 g/mol. The number of aliphatic carboxylic acids is 1. The molecule has 2 N–H and O–H groups in total. The number of fused-ring (bicyclic) bond motifs is 1. The van der Waals surface area contributed by atoms with Crippen molar-refractivity contribution in [1.82, 2.24) is 5.01 Å². The van der Waals surface area contributed by atoms with Gasteiger partial charge < -0.3 is 10.4 Å². The Kier molecular flexibility index (Phi) is 2.55. The smallest absolute Gasteiger partial charge is 0.342 e. The van der Waals surface area contributed by atoms with Crippen LogP contribution in [0.2, 0.25) is 0 Å². The molecule has 0 fully saturated rings. The number of para-hydroxylation sites is 1. The first-order valence-corrected chi connectivity index (χ1v) is 4.60. The largest absolute Gasteiger partial charge is 0.480 e. The summed E-state index contributed by atoms with van der Waals surface area (Å²) < 4.78 is 0. The van der Waals surface area contributed by atoms with Crippen LogP contribution in [0, 0.1) is 0 Å². The molecule has 0 saturated carbocycles. The van der Waals surface area contributed by atoms with Gasteiger partial charge in [0.25, 0.3) is 0 Å². The van der Waals surface area contributed by atoms with Crippen LogP contribution in [0.1, 0.15) is 5.56 Å². The normalized spacial score (nSPS) is 14.0. The summed E-state index contributed by atoms with van der Waals surface area (Å²) >= 11 is 0. The molecule has 1 aliphatic rings. The number of nitrogens with zero attached hydrogens (tertiary/aromatic N) is 2. The third-order valence-corrected chi connectivity index (χ3v) is 2.06. The molecule has 0 bridgehead atoms. The molecule has 1 aromatic carbocycles. The first-order chi connectivity index (χ1) is 7.66. The first kappa shape index (κ1) is 10.2. The van der Waals surface area contributed by atoms with Gasteiger partial charge in [-0.05, 0) is 6.07 Å². The molecular weight excluding hydrogens is 210 g/mol. The summed E-state index contributed by atoms with van der Waals surface area (Å²) in [5.41, 5.74) is 1.35. The van der Waals surface area contributed by atoms with E-state index in [1.807, 2.05) is 6.07 Å². The zero-order valence-electron chi connectivity index (χ0n) is 8.25. The number of hydrogen-bond donors (Lipinski definition) is 2. The van der Waals surface area contributed by atoms with Gasteiger partial charge in [-0.2, -0.15) is 5.10 Å². The number of carboxylic acid groups (broad SMARTS) is 1. The van der Waals surface area contributed by atoms with Crippen LogP contribution in [0.5, 0.6) is 0 Å². The summed E-state index contributed by atoms with van der Waals surface area (Å²) in [7, 11) is 0. The Hall–Kier alpha value is -2.37. The van der Waals surface area contributed by atoms with E-state index in [1.54, 1.807) is 18.2 Å². The molecule has 0 aromatic heterocycles. The fourth-order valence-electron chi connectivity index (χ4n) is 1.33. The van der Waals surface area contributed by atoms with Crippen LogP contribution >= 0.6 is 0 Å². The van der Waals surface area contributed by atoms with E-state index < -0.39 is 18.5 Å². The molecule has 6 nitrogen and oxygen atoms in total. The lowest BCUT2D eigenvalue weighted by Gasteiger charge is -2.12. The lowest BCUT2D eigenvalue weighted by Crippen LogP contribution is -2.33. The number of benzene rings is 1. The van der Waals surface area contributed by atoms with Gasteiger partial charge in [0.05, 0.1) is 11.9 Å². The Balaban J connectivity index is 2.28. The number of hydrazone groups is 1. The lowest BCUT2D eigenvalue weighted by atomic mass is 10.2. The predicted octanol–water partition coefficient (Wildman–Crippen LogP) is 0.953. The zero-order valence-corrected chi connectivity index (χ0v) is 8.25. The number of rotatable bonds is 2. The molecule has 1 heterocycles. The third kappa shape index (κ3) is 2.00. The maximum Gasteiger partial charge on any atom is 0.342 e. The first-order valence-electron chi connectivity index (χ1n) is 4.60. The fraction of sp³-hybridized carbons (Fsp3) is 0.100.